The molecule has 4 aliphatic rings. The third-order valence-corrected chi connectivity index (χ3v) is 10.4. The van der Waals surface area contributed by atoms with E-state index in [0.717, 1.165) is 12.8 Å². The Morgan fingerprint density at radius 3 is 2.12 bits per heavy atom. The van der Waals surface area contributed by atoms with E-state index in [9.17, 15) is 34.2 Å². The summed E-state index contributed by atoms with van der Waals surface area (Å²) in [4.78, 5) is 69.6. The average molecular weight is 597 g/mol. The lowest BCUT2D eigenvalue weighted by atomic mass is 9.42. The van der Waals surface area contributed by atoms with E-state index in [4.69, 9.17) is 5.73 Å². The fraction of sp³-hybridized carbons (Fsp3) is 0.656. The van der Waals surface area contributed by atoms with E-state index in [0.29, 0.717) is 11.3 Å². The van der Waals surface area contributed by atoms with Gasteiger partial charge in [-0.25, -0.2) is 0 Å². The molecule has 0 bridgehead atoms. The highest BCUT2D eigenvalue weighted by Gasteiger charge is 2.76. The normalized spacial score (nSPS) is 37.0. The summed E-state index contributed by atoms with van der Waals surface area (Å²) in [6, 6.07) is 2.31. The van der Waals surface area contributed by atoms with Gasteiger partial charge in [0.2, 0.25) is 5.91 Å². The predicted octanol–water partition coefficient (Wildman–Crippen LogP) is 1.37. The fourth-order valence-corrected chi connectivity index (χ4v) is 9.47. The van der Waals surface area contributed by atoms with Gasteiger partial charge in [-0.15, -0.1) is 0 Å². The van der Waals surface area contributed by atoms with Crippen molar-refractivity contribution in [2.45, 2.75) is 96.0 Å². The van der Waals surface area contributed by atoms with Gasteiger partial charge in [0.25, 0.3) is 0 Å². The van der Waals surface area contributed by atoms with Crippen molar-refractivity contribution in [2.75, 3.05) is 19.4 Å². The van der Waals surface area contributed by atoms with Crippen LogP contribution in [-0.2, 0) is 25.6 Å². The minimum atomic E-state index is -2.81. The molecule has 1 aromatic rings. The standard InChI is InChI=1S/C32H44N4O7/c1-28(2)12-16(13-29(3,4)35-28)34-17-10-9-15-11-30(5)14-31(6)24(36(7)8)23(39)19(27(33)42)25(40)32(31,43)26(41)20(30)22(38)18(15)21(17)37/h9-10,16,19-20,24,34-35,37,43H,11-14H2,1-8H3,(H2,33,42)/t19?,20?,24-,30+,31+,32-/m1/s1. The van der Waals surface area contributed by atoms with Crippen LogP contribution in [0.3, 0.4) is 0 Å². The number of ketones is 4. The number of Topliss-reactive ketones (excluding diaryl/α,β-unsaturated/α-hetero) is 4. The van der Waals surface area contributed by atoms with Gasteiger partial charge in [0, 0.05) is 22.5 Å². The Bertz CT molecular complexity index is 1450. The van der Waals surface area contributed by atoms with Gasteiger partial charge < -0.3 is 26.6 Å². The molecule has 2 saturated carbocycles. The van der Waals surface area contributed by atoms with Crippen LogP contribution in [0.25, 0.3) is 0 Å². The van der Waals surface area contributed by atoms with Crippen LogP contribution in [-0.4, -0.2) is 87.0 Å². The van der Waals surface area contributed by atoms with Crippen LogP contribution in [0.1, 0.15) is 76.7 Å². The fourth-order valence-electron chi connectivity index (χ4n) is 9.47. The number of phenolic OH excluding ortho intramolecular Hbond substituents is 1. The number of nitrogens with zero attached hydrogens (tertiary/aromatic N) is 1. The number of nitrogens with one attached hydrogen (secondary N) is 2. The third kappa shape index (κ3) is 4.37. The van der Waals surface area contributed by atoms with Gasteiger partial charge >= 0.3 is 0 Å². The lowest BCUT2D eigenvalue weighted by molar-refractivity contribution is -0.203. The Morgan fingerprint density at radius 1 is 1.00 bits per heavy atom. The summed E-state index contributed by atoms with van der Waals surface area (Å²) < 4.78 is 0. The minimum absolute atomic E-state index is 0.0111. The molecule has 1 aliphatic heterocycles. The zero-order valence-electron chi connectivity index (χ0n) is 26.3. The zero-order valence-corrected chi connectivity index (χ0v) is 26.3. The number of anilines is 1. The van der Waals surface area contributed by atoms with E-state index in [1.165, 1.54) is 11.8 Å². The predicted molar refractivity (Wildman–Crippen MR) is 159 cm³/mol. The van der Waals surface area contributed by atoms with Gasteiger partial charge in [-0.05, 0) is 84.5 Å². The summed E-state index contributed by atoms with van der Waals surface area (Å²) in [6.45, 7) is 11.7. The first-order valence-corrected chi connectivity index (χ1v) is 14.9. The zero-order chi connectivity index (χ0) is 32.2. The smallest absolute Gasteiger partial charge is 0.235 e. The number of nitrogens with two attached hydrogens (primary N) is 1. The highest BCUT2D eigenvalue weighted by atomic mass is 16.3. The molecule has 6 N–H and O–H groups in total. The molecule has 43 heavy (non-hydrogen) atoms. The van der Waals surface area contributed by atoms with Crippen LogP contribution in [0, 0.1) is 22.7 Å². The van der Waals surface area contributed by atoms with Gasteiger partial charge in [0.1, 0.15) is 5.75 Å². The topological polar surface area (TPSA) is 179 Å². The second kappa shape index (κ2) is 9.42. The Morgan fingerprint density at radius 2 is 1.58 bits per heavy atom. The molecule has 3 aliphatic carbocycles. The lowest BCUT2D eigenvalue weighted by Crippen LogP contribution is -2.79. The second-order valence-electron chi connectivity index (χ2n) is 15.4. The van der Waals surface area contributed by atoms with Crippen LogP contribution in [0.4, 0.5) is 5.69 Å². The number of aromatic hydroxyl groups is 1. The maximum absolute atomic E-state index is 14.4. The first-order valence-electron chi connectivity index (χ1n) is 14.9. The Kier molecular flexibility index (Phi) is 6.86. The minimum Gasteiger partial charge on any atom is -0.505 e. The highest BCUT2D eigenvalue weighted by Crippen LogP contribution is 2.61. The number of amides is 1. The number of rotatable bonds is 4. The molecule has 3 fully saturated rings. The first-order chi connectivity index (χ1) is 19.6. The second-order valence-corrected chi connectivity index (χ2v) is 15.4. The molecule has 6 atom stereocenters. The maximum atomic E-state index is 14.4. The van der Waals surface area contributed by atoms with Gasteiger partial charge in [-0.3, -0.25) is 28.9 Å². The molecule has 1 heterocycles. The van der Waals surface area contributed by atoms with Crippen molar-refractivity contribution >= 4 is 34.7 Å². The van der Waals surface area contributed by atoms with Crippen molar-refractivity contribution < 1.29 is 34.2 Å². The Balaban J connectivity index is 1.59. The summed E-state index contributed by atoms with van der Waals surface area (Å²) in [6.07, 6.45) is 1.68. The third-order valence-electron chi connectivity index (χ3n) is 10.4. The molecule has 2 unspecified atom stereocenters. The van der Waals surface area contributed by atoms with E-state index in [2.05, 4.69) is 38.3 Å². The van der Waals surface area contributed by atoms with Crippen LogP contribution < -0.4 is 16.4 Å². The van der Waals surface area contributed by atoms with Crippen molar-refractivity contribution in [3.05, 3.63) is 23.3 Å². The number of hydrogen-bond acceptors (Lipinski definition) is 10. The molecule has 1 saturated heterocycles. The molecule has 5 rings (SSSR count). The number of phenols is 1. The molecule has 0 aromatic heterocycles. The van der Waals surface area contributed by atoms with Crippen molar-refractivity contribution in [3.63, 3.8) is 0 Å². The quantitative estimate of drug-likeness (QED) is 0.252. The van der Waals surface area contributed by atoms with Crippen molar-refractivity contribution in [1.82, 2.24) is 10.2 Å². The first kappa shape index (κ1) is 31.3. The molecule has 11 heteroatoms. The van der Waals surface area contributed by atoms with Crippen LogP contribution >= 0.6 is 0 Å². The van der Waals surface area contributed by atoms with E-state index < -0.39 is 63.3 Å². The molecule has 1 amide bonds. The summed E-state index contributed by atoms with van der Waals surface area (Å²) in [5.41, 5.74) is 0.456. The number of hydrogen-bond donors (Lipinski definition) is 5. The van der Waals surface area contributed by atoms with Crippen LogP contribution in [0.5, 0.6) is 5.75 Å². The number of fused-ring (bicyclic) bond motifs is 3. The van der Waals surface area contributed by atoms with Crippen molar-refractivity contribution in [1.29, 1.82) is 0 Å². The number of primary amides is 1. The molecular formula is C32H44N4O7. The molecule has 0 spiro atoms. The molecule has 11 nitrogen and oxygen atoms in total. The lowest BCUT2D eigenvalue weighted by Gasteiger charge is -2.61. The number of carbonyl (C=O) groups is 5. The highest BCUT2D eigenvalue weighted by molar-refractivity contribution is 6.33. The number of benzene rings is 1. The number of piperidine rings is 1. The monoisotopic (exact) mass is 596 g/mol. The van der Waals surface area contributed by atoms with Gasteiger partial charge in [0.05, 0.1) is 23.2 Å². The largest absolute Gasteiger partial charge is 0.505 e. The summed E-state index contributed by atoms with van der Waals surface area (Å²) in [5.74, 6) is -8.85. The number of likely N-dealkylation sites (N-methyl/N-ethyl adjacent to an activating group) is 1. The van der Waals surface area contributed by atoms with E-state index in [-0.39, 0.29) is 41.3 Å². The van der Waals surface area contributed by atoms with Gasteiger partial charge in [-0.1, -0.05) is 19.9 Å². The molecule has 0 radical (unpaired) electrons. The molecular weight excluding hydrogens is 552 g/mol. The Hall–Kier alpha value is -3.15. The number of aliphatic hydroxyl groups is 1. The van der Waals surface area contributed by atoms with Crippen LogP contribution in [0.2, 0.25) is 0 Å². The number of carbonyl (C=O) groups excluding carboxylic acids is 5. The van der Waals surface area contributed by atoms with Crippen molar-refractivity contribution in [2.24, 2.45) is 28.4 Å². The van der Waals surface area contributed by atoms with Gasteiger partial charge in [0.15, 0.2) is 34.7 Å². The maximum Gasteiger partial charge on any atom is 0.235 e. The molecule has 234 valence electrons. The van der Waals surface area contributed by atoms with Gasteiger partial charge in [-0.2, -0.15) is 0 Å². The average Bonchev–Trinajstić information content (AvgIpc) is 2.80. The van der Waals surface area contributed by atoms with E-state index in [1.807, 2.05) is 0 Å². The summed E-state index contributed by atoms with van der Waals surface area (Å²) in [5, 5.41) is 30.6. The van der Waals surface area contributed by atoms with E-state index in [1.54, 1.807) is 33.2 Å². The van der Waals surface area contributed by atoms with Crippen molar-refractivity contribution in [3.8, 4) is 5.75 Å². The molecule has 1 aromatic carbocycles. The SMILES string of the molecule is CN(C)[C@@H]1C(=O)C(C(N)=O)C(=O)[C@@]2(O)C(=O)C3C(=O)c4c(ccc(NC5CC(C)(C)NC(C)(C)C5)c4O)C[C@@]3(C)C[C@@]12C. The summed E-state index contributed by atoms with van der Waals surface area (Å²) >= 11 is 0. The van der Waals surface area contributed by atoms with Crippen LogP contribution in [0.15, 0.2) is 12.1 Å². The Labute approximate surface area is 251 Å². The summed E-state index contributed by atoms with van der Waals surface area (Å²) in [7, 11) is 3.14. The van der Waals surface area contributed by atoms with E-state index >= 15 is 0 Å².